The lowest BCUT2D eigenvalue weighted by Gasteiger charge is -2.07. The lowest BCUT2D eigenvalue weighted by atomic mass is 10.0. The van der Waals surface area contributed by atoms with Gasteiger partial charge in [-0.25, -0.2) is 8.42 Å². The molecule has 0 atom stereocenters. The van der Waals surface area contributed by atoms with E-state index >= 15 is 0 Å². The molecule has 0 heterocycles. The van der Waals surface area contributed by atoms with Gasteiger partial charge in [0.2, 0.25) is 0 Å². The van der Waals surface area contributed by atoms with Gasteiger partial charge in [-0.1, -0.05) is 55.8 Å². The fraction of sp³-hybridized carbons (Fsp3) is 0.278. The summed E-state index contributed by atoms with van der Waals surface area (Å²) in [6.45, 7) is 6.02. The summed E-state index contributed by atoms with van der Waals surface area (Å²) in [5, 5.41) is 0. The molecule has 0 saturated heterocycles. The van der Waals surface area contributed by atoms with Crippen molar-refractivity contribution in [3.63, 3.8) is 0 Å². The van der Waals surface area contributed by atoms with Crippen molar-refractivity contribution in [3.8, 4) is 0 Å². The summed E-state index contributed by atoms with van der Waals surface area (Å²) >= 11 is 0. The monoisotopic (exact) mass is 316 g/mol. The average Bonchev–Trinajstić information content (AvgIpc) is 2.47. The number of Topliss-reactive ketones (excluding diaryl/α,β-unsaturated/α-hetero) is 1. The van der Waals surface area contributed by atoms with E-state index in [4.69, 9.17) is 0 Å². The van der Waals surface area contributed by atoms with Gasteiger partial charge in [0, 0.05) is 5.56 Å². The van der Waals surface area contributed by atoms with E-state index in [2.05, 4.69) is 13.8 Å². The van der Waals surface area contributed by atoms with Crippen LogP contribution >= 0.6 is 0 Å². The molecule has 4 heteroatoms. The molecule has 0 aliphatic heterocycles. The fourth-order valence-corrected chi connectivity index (χ4v) is 3.37. The molecule has 3 nitrogen and oxygen atoms in total. The molecule has 0 aromatic heterocycles. The Kier molecular flexibility index (Phi) is 4.81. The Labute approximate surface area is 131 Å². The maximum Gasteiger partial charge on any atom is 0.185 e. The van der Waals surface area contributed by atoms with Gasteiger partial charge in [-0.2, -0.15) is 0 Å². The third-order valence-electron chi connectivity index (χ3n) is 3.60. The molecule has 0 aliphatic carbocycles. The zero-order valence-electron chi connectivity index (χ0n) is 13.0. The molecule has 0 bridgehead atoms. The summed E-state index contributed by atoms with van der Waals surface area (Å²) in [5.41, 5.74) is 2.53. The van der Waals surface area contributed by atoms with Crippen LogP contribution in [0, 0.1) is 6.92 Å². The van der Waals surface area contributed by atoms with Crippen LogP contribution in [0.3, 0.4) is 0 Å². The highest BCUT2D eigenvalue weighted by Gasteiger charge is 2.20. The van der Waals surface area contributed by atoms with Crippen LogP contribution in [-0.2, 0) is 9.84 Å². The molecule has 0 fully saturated rings. The van der Waals surface area contributed by atoms with Crippen LogP contribution in [0.5, 0.6) is 0 Å². The normalized spacial score (nSPS) is 11.6. The number of hydrogen-bond donors (Lipinski definition) is 0. The summed E-state index contributed by atoms with van der Waals surface area (Å²) in [7, 11) is -3.60. The van der Waals surface area contributed by atoms with E-state index in [0.29, 0.717) is 11.5 Å². The first-order valence-corrected chi connectivity index (χ1v) is 8.87. The predicted molar refractivity (Wildman–Crippen MR) is 88.1 cm³/mol. The zero-order chi connectivity index (χ0) is 16.3. The van der Waals surface area contributed by atoms with E-state index in [1.54, 1.807) is 36.4 Å². The highest BCUT2D eigenvalue weighted by molar-refractivity contribution is 7.92. The maximum absolute atomic E-state index is 12.3. The SMILES string of the molecule is Cc1ccc(S(=O)(=O)CC(=O)c2ccc(C(C)C)cc2)cc1. The molecule has 0 spiro atoms. The number of carbonyl (C=O) groups excluding carboxylic acids is 1. The van der Waals surface area contributed by atoms with Gasteiger partial charge in [0.05, 0.1) is 4.90 Å². The molecular weight excluding hydrogens is 296 g/mol. The topological polar surface area (TPSA) is 51.2 Å². The van der Waals surface area contributed by atoms with E-state index in [1.165, 1.54) is 0 Å². The minimum atomic E-state index is -3.60. The highest BCUT2D eigenvalue weighted by atomic mass is 32.2. The second-order valence-electron chi connectivity index (χ2n) is 5.77. The second-order valence-corrected chi connectivity index (χ2v) is 7.76. The Morgan fingerprint density at radius 3 is 2.00 bits per heavy atom. The minimum Gasteiger partial charge on any atom is -0.293 e. The van der Waals surface area contributed by atoms with E-state index < -0.39 is 15.6 Å². The molecule has 0 saturated carbocycles. The Morgan fingerprint density at radius 2 is 1.50 bits per heavy atom. The van der Waals surface area contributed by atoms with Crippen molar-refractivity contribution in [2.75, 3.05) is 5.75 Å². The number of rotatable bonds is 5. The summed E-state index contributed by atoms with van der Waals surface area (Å²) in [5.74, 6) is -0.506. The molecule has 2 rings (SSSR count). The molecular formula is C18H20O3S. The van der Waals surface area contributed by atoms with Gasteiger partial charge in [0.15, 0.2) is 15.6 Å². The van der Waals surface area contributed by atoms with Crippen molar-refractivity contribution >= 4 is 15.6 Å². The molecule has 0 radical (unpaired) electrons. The first-order chi connectivity index (χ1) is 10.3. The van der Waals surface area contributed by atoms with Gasteiger partial charge >= 0.3 is 0 Å². The Balaban J connectivity index is 2.18. The molecule has 0 aliphatic rings. The summed E-state index contributed by atoms with van der Waals surface area (Å²) in [6.07, 6.45) is 0. The molecule has 0 N–H and O–H groups in total. The van der Waals surface area contributed by atoms with Gasteiger partial charge in [-0.3, -0.25) is 4.79 Å². The Bertz CT molecular complexity index is 755. The van der Waals surface area contributed by atoms with Gasteiger partial charge in [-0.15, -0.1) is 0 Å². The quantitative estimate of drug-likeness (QED) is 0.789. The van der Waals surface area contributed by atoms with Crippen molar-refractivity contribution < 1.29 is 13.2 Å². The zero-order valence-corrected chi connectivity index (χ0v) is 13.9. The number of hydrogen-bond acceptors (Lipinski definition) is 3. The number of ketones is 1. The summed E-state index contributed by atoms with van der Waals surface area (Å²) < 4.78 is 24.6. The minimum absolute atomic E-state index is 0.185. The van der Waals surface area contributed by atoms with E-state index in [0.717, 1.165) is 11.1 Å². The van der Waals surface area contributed by atoms with Crippen molar-refractivity contribution in [3.05, 3.63) is 65.2 Å². The smallest absolute Gasteiger partial charge is 0.185 e. The Morgan fingerprint density at radius 1 is 0.955 bits per heavy atom. The van der Waals surface area contributed by atoms with E-state index in [9.17, 15) is 13.2 Å². The van der Waals surface area contributed by atoms with E-state index in [1.807, 2.05) is 19.1 Å². The van der Waals surface area contributed by atoms with Crippen LogP contribution < -0.4 is 0 Å². The fourth-order valence-electron chi connectivity index (χ4n) is 2.14. The van der Waals surface area contributed by atoms with Gasteiger partial charge in [0.25, 0.3) is 0 Å². The van der Waals surface area contributed by atoms with Gasteiger partial charge in [-0.05, 0) is 30.5 Å². The molecule has 0 amide bonds. The summed E-state index contributed by atoms with van der Waals surface area (Å²) in [4.78, 5) is 12.4. The van der Waals surface area contributed by atoms with Crippen LogP contribution in [0.15, 0.2) is 53.4 Å². The number of aryl methyl sites for hydroxylation is 1. The van der Waals surface area contributed by atoms with Crippen molar-refractivity contribution in [1.82, 2.24) is 0 Å². The highest BCUT2D eigenvalue weighted by Crippen LogP contribution is 2.17. The van der Waals surface area contributed by atoms with Crippen LogP contribution in [-0.4, -0.2) is 20.0 Å². The predicted octanol–water partition coefficient (Wildman–Crippen LogP) is 3.78. The molecule has 2 aromatic carbocycles. The van der Waals surface area contributed by atoms with E-state index in [-0.39, 0.29) is 10.7 Å². The van der Waals surface area contributed by atoms with Crippen LogP contribution in [0.1, 0.15) is 41.3 Å². The first kappa shape index (κ1) is 16.4. The molecule has 116 valence electrons. The number of carbonyl (C=O) groups is 1. The van der Waals surface area contributed by atoms with Crippen LogP contribution in [0.25, 0.3) is 0 Å². The lowest BCUT2D eigenvalue weighted by molar-refractivity contribution is 0.102. The Hall–Kier alpha value is -1.94. The van der Waals surface area contributed by atoms with Gasteiger partial charge in [0.1, 0.15) is 5.75 Å². The number of sulfone groups is 1. The summed E-state index contributed by atoms with van der Waals surface area (Å²) in [6, 6.07) is 13.7. The molecule has 2 aromatic rings. The second kappa shape index (κ2) is 6.44. The lowest BCUT2D eigenvalue weighted by Crippen LogP contribution is -2.16. The third kappa shape index (κ3) is 3.83. The van der Waals surface area contributed by atoms with Crippen molar-refractivity contribution in [2.24, 2.45) is 0 Å². The number of benzene rings is 2. The maximum atomic E-state index is 12.3. The average molecular weight is 316 g/mol. The van der Waals surface area contributed by atoms with Crippen LogP contribution in [0.2, 0.25) is 0 Å². The van der Waals surface area contributed by atoms with Crippen molar-refractivity contribution in [2.45, 2.75) is 31.6 Å². The van der Waals surface area contributed by atoms with Crippen LogP contribution in [0.4, 0.5) is 0 Å². The largest absolute Gasteiger partial charge is 0.293 e. The first-order valence-electron chi connectivity index (χ1n) is 7.22. The molecule has 0 unspecified atom stereocenters. The van der Waals surface area contributed by atoms with Gasteiger partial charge < -0.3 is 0 Å². The standard InChI is InChI=1S/C18H20O3S/c1-13(2)15-6-8-16(9-7-15)18(19)12-22(20,21)17-10-4-14(3)5-11-17/h4-11,13H,12H2,1-3H3. The third-order valence-corrected chi connectivity index (χ3v) is 5.23. The molecule has 22 heavy (non-hydrogen) atoms. The van der Waals surface area contributed by atoms with Crippen molar-refractivity contribution in [1.29, 1.82) is 0 Å².